The van der Waals surface area contributed by atoms with Crippen LogP contribution in [-0.4, -0.2) is 77.0 Å². The molecule has 1 aliphatic carbocycles. The van der Waals surface area contributed by atoms with Crippen molar-refractivity contribution < 1.29 is 4.79 Å². The van der Waals surface area contributed by atoms with E-state index in [1.807, 2.05) is 40.0 Å². The highest BCUT2D eigenvalue weighted by atomic mass is 16.2. The topological polar surface area (TPSA) is 77.2 Å². The highest BCUT2D eigenvalue weighted by Gasteiger charge is 2.29. The summed E-state index contributed by atoms with van der Waals surface area (Å²) in [6.07, 6.45) is 9.06. The third kappa shape index (κ3) is 5.05. The number of hydrogen-bond acceptors (Lipinski definition) is 5. The summed E-state index contributed by atoms with van der Waals surface area (Å²) in [5, 5.41) is 15.3. The summed E-state index contributed by atoms with van der Waals surface area (Å²) in [7, 11) is 0. The first-order chi connectivity index (χ1) is 15.2. The van der Waals surface area contributed by atoms with Gasteiger partial charge in [0.2, 0.25) is 5.91 Å². The Morgan fingerprint density at radius 3 is 2.55 bits per heavy atom. The highest BCUT2D eigenvalue weighted by molar-refractivity contribution is 5.78. The predicted molar refractivity (Wildman–Crippen MR) is 123 cm³/mol. The van der Waals surface area contributed by atoms with Gasteiger partial charge in [-0.3, -0.25) is 9.69 Å². The first-order valence-electron chi connectivity index (χ1n) is 11.6. The molecule has 0 radical (unpaired) electrons. The van der Waals surface area contributed by atoms with Crippen LogP contribution in [0, 0.1) is 5.41 Å². The number of nitrogens with one attached hydrogen (secondary N) is 2. The van der Waals surface area contributed by atoms with Gasteiger partial charge in [0.1, 0.15) is 0 Å². The lowest BCUT2D eigenvalue weighted by Crippen LogP contribution is -2.54. The van der Waals surface area contributed by atoms with E-state index < -0.39 is 0 Å². The number of hydrogen-bond donors (Lipinski definition) is 2. The third-order valence-electron chi connectivity index (χ3n) is 6.71. The lowest BCUT2D eigenvalue weighted by atomic mass is 9.91. The van der Waals surface area contributed by atoms with E-state index in [1.54, 1.807) is 0 Å². The zero-order valence-electron chi connectivity index (χ0n) is 18.5. The molecular weight excluding hydrogens is 388 g/mol. The van der Waals surface area contributed by atoms with E-state index in [4.69, 9.17) is 5.41 Å². The fourth-order valence-electron chi connectivity index (χ4n) is 4.51. The van der Waals surface area contributed by atoms with Crippen molar-refractivity contribution in [3.05, 3.63) is 47.3 Å². The highest BCUT2D eigenvalue weighted by Crippen LogP contribution is 2.25. The van der Waals surface area contributed by atoms with Crippen LogP contribution in [0.3, 0.4) is 0 Å². The van der Waals surface area contributed by atoms with Crippen molar-refractivity contribution >= 4 is 12.1 Å². The fraction of sp³-hybridized carbons (Fsp3) is 0.542. The van der Waals surface area contributed by atoms with Crippen LogP contribution in [0.1, 0.15) is 43.0 Å². The van der Waals surface area contributed by atoms with Gasteiger partial charge < -0.3 is 15.6 Å². The van der Waals surface area contributed by atoms with E-state index in [9.17, 15) is 4.79 Å². The van der Waals surface area contributed by atoms with Gasteiger partial charge in [-0.25, -0.2) is 4.68 Å². The molecule has 1 saturated heterocycles. The second-order valence-corrected chi connectivity index (χ2v) is 8.55. The second-order valence-electron chi connectivity index (χ2n) is 8.55. The SMILES string of the molecule is CCc1cnn(-c2ccc(C=N)cc2)c1CCNCC(=O)N1CCN(C2CCC2)CC1. The van der Waals surface area contributed by atoms with E-state index in [2.05, 4.69) is 22.2 Å². The summed E-state index contributed by atoms with van der Waals surface area (Å²) in [5.74, 6) is 0.208. The van der Waals surface area contributed by atoms with Gasteiger partial charge in [0.15, 0.2) is 0 Å². The largest absolute Gasteiger partial charge is 0.339 e. The van der Waals surface area contributed by atoms with Crippen LogP contribution < -0.4 is 5.32 Å². The number of aryl methyl sites for hydroxylation is 1. The van der Waals surface area contributed by atoms with Gasteiger partial charge in [-0.05, 0) is 42.5 Å². The zero-order valence-corrected chi connectivity index (χ0v) is 18.5. The summed E-state index contributed by atoms with van der Waals surface area (Å²) in [4.78, 5) is 17.2. The molecule has 1 aromatic carbocycles. The number of benzene rings is 1. The number of carbonyl (C=O) groups excluding carboxylic acids is 1. The molecule has 0 bridgehead atoms. The predicted octanol–water partition coefficient (Wildman–Crippen LogP) is 2.26. The van der Waals surface area contributed by atoms with Crippen LogP contribution in [0.5, 0.6) is 0 Å². The molecule has 0 unspecified atom stereocenters. The van der Waals surface area contributed by atoms with Crippen LogP contribution in [0.15, 0.2) is 30.5 Å². The molecular formula is C24H34N6O. The van der Waals surface area contributed by atoms with Crippen molar-refractivity contribution in [2.75, 3.05) is 39.3 Å². The third-order valence-corrected chi connectivity index (χ3v) is 6.71. The number of nitrogens with zero attached hydrogens (tertiary/aromatic N) is 4. The van der Waals surface area contributed by atoms with Gasteiger partial charge in [-0.2, -0.15) is 5.10 Å². The molecule has 1 aromatic heterocycles. The number of carbonyl (C=O) groups is 1. The molecule has 2 N–H and O–H groups in total. The van der Waals surface area contributed by atoms with Crippen LogP contribution in [-0.2, 0) is 17.6 Å². The van der Waals surface area contributed by atoms with Crippen molar-refractivity contribution in [2.24, 2.45) is 0 Å². The summed E-state index contributed by atoms with van der Waals surface area (Å²) in [6, 6.07) is 8.63. The zero-order chi connectivity index (χ0) is 21.6. The molecule has 7 heteroatoms. The minimum Gasteiger partial charge on any atom is -0.339 e. The molecule has 1 saturated carbocycles. The maximum absolute atomic E-state index is 12.6. The Morgan fingerprint density at radius 1 is 1.19 bits per heavy atom. The Bertz CT molecular complexity index is 878. The average Bonchev–Trinajstić information content (AvgIpc) is 3.19. The summed E-state index contributed by atoms with van der Waals surface area (Å²) >= 11 is 0. The summed E-state index contributed by atoms with van der Waals surface area (Å²) in [5.41, 5.74) is 4.29. The molecule has 2 aromatic rings. The maximum Gasteiger partial charge on any atom is 0.236 e. The maximum atomic E-state index is 12.6. The Morgan fingerprint density at radius 2 is 1.94 bits per heavy atom. The van der Waals surface area contributed by atoms with Crippen molar-refractivity contribution in [3.63, 3.8) is 0 Å². The van der Waals surface area contributed by atoms with Crippen molar-refractivity contribution in [2.45, 2.75) is 45.1 Å². The van der Waals surface area contributed by atoms with E-state index in [0.29, 0.717) is 6.54 Å². The molecule has 31 heavy (non-hydrogen) atoms. The minimum absolute atomic E-state index is 0.208. The van der Waals surface area contributed by atoms with Crippen LogP contribution in [0.25, 0.3) is 5.69 Å². The number of piperazine rings is 1. The number of aromatic nitrogens is 2. The van der Waals surface area contributed by atoms with E-state index >= 15 is 0 Å². The van der Waals surface area contributed by atoms with Gasteiger partial charge in [0.05, 0.1) is 18.4 Å². The molecule has 0 spiro atoms. The molecule has 4 rings (SSSR count). The van der Waals surface area contributed by atoms with Crippen LogP contribution in [0.4, 0.5) is 0 Å². The Labute approximate surface area is 184 Å². The van der Waals surface area contributed by atoms with Crippen molar-refractivity contribution in [3.8, 4) is 5.69 Å². The van der Waals surface area contributed by atoms with Crippen molar-refractivity contribution in [1.29, 1.82) is 5.41 Å². The molecule has 1 aliphatic heterocycles. The molecule has 166 valence electrons. The van der Waals surface area contributed by atoms with Crippen molar-refractivity contribution in [1.82, 2.24) is 24.9 Å². The number of rotatable bonds is 9. The van der Waals surface area contributed by atoms with Crippen LogP contribution >= 0.6 is 0 Å². The van der Waals surface area contributed by atoms with Gasteiger partial charge in [0, 0.05) is 57.1 Å². The quantitative estimate of drug-likeness (QED) is 0.480. The smallest absolute Gasteiger partial charge is 0.236 e. The van der Waals surface area contributed by atoms with E-state index in [1.165, 1.54) is 36.7 Å². The lowest BCUT2D eigenvalue weighted by molar-refractivity contribution is -0.132. The first kappa shape index (κ1) is 21.7. The first-order valence-corrected chi connectivity index (χ1v) is 11.6. The number of amides is 1. The molecule has 1 amide bonds. The lowest BCUT2D eigenvalue weighted by Gasteiger charge is -2.43. The normalized spacial score (nSPS) is 17.5. The molecule has 7 nitrogen and oxygen atoms in total. The molecule has 2 aliphatic rings. The monoisotopic (exact) mass is 422 g/mol. The fourth-order valence-corrected chi connectivity index (χ4v) is 4.51. The summed E-state index contributed by atoms with van der Waals surface area (Å²) in [6.45, 7) is 7.03. The van der Waals surface area contributed by atoms with E-state index in [-0.39, 0.29) is 5.91 Å². The Hall–Kier alpha value is -2.51. The Balaban J connectivity index is 1.27. The van der Waals surface area contributed by atoms with Gasteiger partial charge in [-0.1, -0.05) is 25.5 Å². The molecule has 2 fully saturated rings. The Kier molecular flexibility index (Phi) is 7.14. The standard InChI is InChI=1S/C24H34N6O/c1-2-20-17-27-30(22-8-6-19(16-25)7-9-22)23(20)10-11-26-18-24(31)29-14-12-28(13-15-29)21-4-3-5-21/h6-9,16-17,21,25-26H,2-5,10-15,18H2,1H3. The van der Waals surface area contributed by atoms with Gasteiger partial charge in [0.25, 0.3) is 0 Å². The molecule has 0 atom stereocenters. The minimum atomic E-state index is 0.208. The second kappa shape index (κ2) is 10.2. The average molecular weight is 423 g/mol. The van der Waals surface area contributed by atoms with Gasteiger partial charge >= 0.3 is 0 Å². The van der Waals surface area contributed by atoms with Gasteiger partial charge in [-0.15, -0.1) is 0 Å². The molecule has 2 heterocycles. The van der Waals surface area contributed by atoms with E-state index in [0.717, 1.165) is 62.9 Å². The summed E-state index contributed by atoms with van der Waals surface area (Å²) < 4.78 is 1.98. The van der Waals surface area contributed by atoms with Crippen LogP contribution in [0.2, 0.25) is 0 Å².